The Morgan fingerprint density at radius 1 is 0.920 bits per heavy atom. The topological polar surface area (TPSA) is 75.3 Å². The van der Waals surface area contributed by atoms with E-state index in [9.17, 15) is 13.2 Å². The number of aryl methyl sites for hydroxylation is 3. The van der Waals surface area contributed by atoms with Gasteiger partial charge in [-0.15, -0.1) is 0 Å². The Balaban J connectivity index is 1.82. The number of carbonyl (C=O) groups excluding carboxylic acids is 1. The summed E-state index contributed by atoms with van der Waals surface area (Å²) >= 11 is 0. The second-order valence-electron chi connectivity index (χ2n) is 6.18. The Hall–Kier alpha value is -2.18. The molecule has 0 bridgehead atoms. The summed E-state index contributed by atoms with van der Waals surface area (Å²) in [7, 11) is -3.58. The number of amides is 1. The molecular weight excluding hydrogens is 336 g/mol. The van der Waals surface area contributed by atoms with Crippen molar-refractivity contribution in [3.63, 3.8) is 0 Å². The summed E-state index contributed by atoms with van der Waals surface area (Å²) in [6, 6.07) is 13.1. The van der Waals surface area contributed by atoms with Crippen LogP contribution in [0.1, 0.15) is 22.3 Å². The zero-order valence-corrected chi connectivity index (χ0v) is 15.6. The van der Waals surface area contributed by atoms with Crippen LogP contribution in [0.25, 0.3) is 0 Å². The number of rotatable bonds is 7. The summed E-state index contributed by atoms with van der Waals surface area (Å²) in [5.41, 5.74) is 3.66. The number of carbonyl (C=O) groups is 1. The molecule has 0 aromatic heterocycles. The lowest BCUT2D eigenvalue weighted by Crippen LogP contribution is -2.35. The van der Waals surface area contributed by atoms with Crippen LogP contribution in [-0.2, 0) is 21.2 Å². The SMILES string of the molecule is Cc1ccc(CC(=O)NCCNS(=O)(=O)c2cc(C)ccc2C)cc1. The van der Waals surface area contributed by atoms with E-state index in [2.05, 4.69) is 10.0 Å². The van der Waals surface area contributed by atoms with E-state index in [4.69, 9.17) is 0 Å². The molecule has 2 N–H and O–H groups in total. The molecule has 1 amide bonds. The molecule has 2 aromatic rings. The van der Waals surface area contributed by atoms with E-state index in [1.54, 1.807) is 19.1 Å². The van der Waals surface area contributed by atoms with E-state index in [0.717, 1.165) is 16.7 Å². The maximum atomic E-state index is 12.3. The molecule has 0 saturated heterocycles. The molecule has 0 heterocycles. The Morgan fingerprint density at radius 3 is 2.24 bits per heavy atom. The lowest BCUT2D eigenvalue weighted by atomic mass is 10.1. The van der Waals surface area contributed by atoms with Crippen LogP contribution in [0.2, 0.25) is 0 Å². The van der Waals surface area contributed by atoms with E-state index in [1.807, 2.05) is 44.2 Å². The zero-order chi connectivity index (χ0) is 18.4. The van der Waals surface area contributed by atoms with Gasteiger partial charge in [-0.1, -0.05) is 42.0 Å². The third kappa shape index (κ3) is 5.69. The third-order valence-electron chi connectivity index (χ3n) is 3.86. The number of benzene rings is 2. The third-order valence-corrected chi connectivity index (χ3v) is 5.46. The van der Waals surface area contributed by atoms with Gasteiger partial charge in [-0.25, -0.2) is 13.1 Å². The second-order valence-corrected chi connectivity index (χ2v) is 7.91. The first-order valence-corrected chi connectivity index (χ1v) is 9.65. The first kappa shape index (κ1) is 19.1. The van der Waals surface area contributed by atoms with Crippen LogP contribution in [0.5, 0.6) is 0 Å². The molecule has 0 radical (unpaired) electrons. The quantitative estimate of drug-likeness (QED) is 0.744. The fraction of sp³-hybridized carbons (Fsp3) is 0.316. The Kier molecular flexibility index (Phi) is 6.33. The van der Waals surface area contributed by atoms with Crippen LogP contribution in [0, 0.1) is 20.8 Å². The number of hydrogen-bond donors (Lipinski definition) is 2. The normalized spacial score (nSPS) is 11.3. The van der Waals surface area contributed by atoms with E-state index in [1.165, 1.54) is 0 Å². The van der Waals surface area contributed by atoms with Crippen LogP contribution < -0.4 is 10.0 Å². The minimum atomic E-state index is -3.58. The summed E-state index contributed by atoms with van der Waals surface area (Å²) in [6.07, 6.45) is 0.282. The average Bonchev–Trinajstić information content (AvgIpc) is 2.56. The monoisotopic (exact) mass is 360 g/mol. The van der Waals surface area contributed by atoms with Crippen molar-refractivity contribution in [3.05, 3.63) is 64.7 Å². The van der Waals surface area contributed by atoms with E-state index >= 15 is 0 Å². The predicted octanol–water partition coefficient (Wildman–Crippen LogP) is 2.25. The van der Waals surface area contributed by atoms with Crippen molar-refractivity contribution in [2.45, 2.75) is 32.1 Å². The van der Waals surface area contributed by atoms with Gasteiger partial charge in [0.25, 0.3) is 0 Å². The number of hydrogen-bond acceptors (Lipinski definition) is 3. The first-order valence-electron chi connectivity index (χ1n) is 8.17. The molecule has 0 fully saturated rings. The van der Waals surface area contributed by atoms with Crippen LogP contribution in [0.3, 0.4) is 0 Å². The van der Waals surface area contributed by atoms with Crippen molar-refractivity contribution in [2.24, 2.45) is 0 Å². The summed E-state index contributed by atoms with van der Waals surface area (Å²) in [5, 5.41) is 2.73. The molecule has 2 rings (SSSR count). The number of sulfonamides is 1. The van der Waals surface area contributed by atoms with Crippen molar-refractivity contribution < 1.29 is 13.2 Å². The maximum Gasteiger partial charge on any atom is 0.240 e. The molecule has 2 aromatic carbocycles. The fourth-order valence-corrected chi connectivity index (χ4v) is 3.77. The van der Waals surface area contributed by atoms with Crippen LogP contribution >= 0.6 is 0 Å². The van der Waals surface area contributed by atoms with Gasteiger partial charge in [-0.05, 0) is 43.5 Å². The van der Waals surface area contributed by atoms with Gasteiger partial charge in [-0.3, -0.25) is 4.79 Å². The van der Waals surface area contributed by atoms with Crippen molar-refractivity contribution in [2.75, 3.05) is 13.1 Å². The van der Waals surface area contributed by atoms with Crippen LogP contribution in [0.4, 0.5) is 0 Å². The van der Waals surface area contributed by atoms with Crippen molar-refractivity contribution in [3.8, 4) is 0 Å². The zero-order valence-electron chi connectivity index (χ0n) is 14.8. The molecule has 0 aliphatic rings. The van der Waals surface area contributed by atoms with Crippen LogP contribution in [0.15, 0.2) is 47.4 Å². The molecule has 0 saturated carbocycles. The van der Waals surface area contributed by atoms with Gasteiger partial charge in [-0.2, -0.15) is 0 Å². The average molecular weight is 360 g/mol. The highest BCUT2D eigenvalue weighted by Crippen LogP contribution is 2.16. The lowest BCUT2D eigenvalue weighted by molar-refractivity contribution is -0.120. The van der Waals surface area contributed by atoms with Gasteiger partial charge < -0.3 is 5.32 Å². The minimum absolute atomic E-state index is 0.130. The molecule has 25 heavy (non-hydrogen) atoms. The number of nitrogens with one attached hydrogen (secondary N) is 2. The predicted molar refractivity (Wildman–Crippen MR) is 99.0 cm³/mol. The molecule has 0 aliphatic carbocycles. The Bertz CT molecular complexity index is 843. The highest BCUT2D eigenvalue weighted by molar-refractivity contribution is 7.89. The molecule has 0 spiro atoms. The Labute approximate surface area is 149 Å². The second kappa shape index (κ2) is 8.27. The fourth-order valence-electron chi connectivity index (χ4n) is 2.42. The van der Waals surface area contributed by atoms with Crippen LogP contribution in [-0.4, -0.2) is 27.4 Å². The molecule has 5 nitrogen and oxygen atoms in total. The van der Waals surface area contributed by atoms with Gasteiger partial charge in [0, 0.05) is 13.1 Å². The molecule has 0 atom stereocenters. The molecule has 0 unspecified atom stereocenters. The summed E-state index contributed by atoms with van der Waals surface area (Å²) < 4.78 is 27.2. The first-order chi connectivity index (χ1) is 11.8. The van der Waals surface area contributed by atoms with E-state index < -0.39 is 10.0 Å². The van der Waals surface area contributed by atoms with Gasteiger partial charge >= 0.3 is 0 Å². The lowest BCUT2D eigenvalue weighted by Gasteiger charge is -2.11. The van der Waals surface area contributed by atoms with Crippen molar-refractivity contribution >= 4 is 15.9 Å². The standard InChI is InChI=1S/C19H24N2O3S/c1-14-5-8-17(9-6-14)13-19(22)20-10-11-21-25(23,24)18-12-15(2)4-7-16(18)3/h4-9,12,21H,10-11,13H2,1-3H3,(H,20,22). The maximum absolute atomic E-state index is 12.3. The van der Waals surface area contributed by atoms with Gasteiger partial charge in [0.2, 0.25) is 15.9 Å². The summed E-state index contributed by atoms with van der Waals surface area (Å²) in [6.45, 7) is 6.00. The van der Waals surface area contributed by atoms with E-state index in [-0.39, 0.29) is 30.3 Å². The largest absolute Gasteiger partial charge is 0.355 e. The van der Waals surface area contributed by atoms with Gasteiger partial charge in [0.05, 0.1) is 11.3 Å². The smallest absolute Gasteiger partial charge is 0.240 e. The van der Waals surface area contributed by atoms with Gasteiger partial charge in [0.15, 0.2) is 0 Å². The molecular formula is C19H24N2O3S. The molecule has 0 aliphatic heterocycles. The summed E-state index contributed by atoms with van der Waals surface area (Å²) in [4.78, 5) is 12.2. The summed E-state index contributed by atoms with van der Waals surface area (Å²) in [5.74, 6) is -0.130. The Morgan fingerprint density at radius 2 is 1.56 bits per heavy atom. The minimum Gasteiger partial charge on any atom is -0.355 e. The highest BCUT2D eigenvalue weighted by Gasteiger charge is 2.16. The molecule has 134 valence electrons. The van der Waals surface area contributed by atoms with Crippen molar-refractivity contribution in [1.82, 2.24) is 10.0 Å². The molecule has 6 heteroatoms. The van der Waals surface area contributed by atoms with E-state index in [0.29, 0.717) is 5.56 Å². The van der Waals surface area contributed by atoms with Gasteiger partial charge in [0.1, 0.15) is 0 Å². The van der Waals surface area contributed by atoms with Crippen molar-refractivity contribution in [1.29, 1.82) is 0 Å². The highest BCUT2D eigenvalue weighted by atomic mass is 32.2.